The van der Waals surface area contributed by atoms with Gasteiger partial charge in [-0.05, 0) is 50.0 Å². The monoisotopic (exact) mass is 329 g/mol. The number of nitrogens with zero attached hydrogens (tertiary/aromatic N) is 1. The van der Waals surface area contributed by atoms with E-state index in [0.717, 1.165) is 25.7 Å². The highest BCUT2D eigenvalue weighted by Crippen LogP contribution is 2.43. The number of carbonyl (C=O) groups is 1. The first kappa shape index (κ1) is 15.0. The van der Waals surface area contributed by atoms with Crippen molar-refractivity contribution in [3.8, 4) is 0 Å². The van der Waals surface area contributed by atoms with E-state index in [1.165, 1.54) is 15.6 Å². The average molecular weight is 329 g/mol. The lowest BCUT2D eigenvalue weighted by Gasteiger charge is -2.48. The van der Waals surface area contributed by atoms with Crippen molar-refractivity contribution in [1.29, 1.82) is 0 Å². The normalized spacial score (nSPS) is 29.5. The van der Waals surface area contributed by atoms with E-state index < -0.39 is 22.0 Å². The Morgan fingerprint density at radius 2 is 2.10 bits per heavy atom. The summed E-state index contributed by atoms with van der Waals surface area (Å²) in [6.07, 6.45) is 3.49. The van der Waals surface area contributed by atoms with Crippen LogP contribution in [0.2, 0.25) is 0 Å². The van der Waals surface area contributed by atoms with E-state index in [1.54, 1.807) is 24.4 Å². The van der Waals surface area contributed by atoms with Gasteiger partial charge in [-0.25, -0.2) is 8.42 Å². The molecule has 1 aromatic heterocycles. The van der Waals surface area contributed by atoms with E-state index in [0.29, 0.717) is 4.21 Å². The lowest BCUT2D eigenvalue weighted by molar-refractivity contribution is -0.154. The summed E-state index contributed by atoms with van der Waals surface area (Å²) >= 11 is 1.20. The van der Waals surface area contributed by atoms with Crippen LogP contribution in [-0.4, -0.2) is 37.4 Å². The summed E-state index contributed by atoms with van der Waals surface area (Å²) in [4.78, 5) is 12.3. The molecule has 1 saturated carbocycles. The maximum Gasteiger partial charge on any atom is 0.324 e. The molecule has 1 atom stereocenters. The number of fused-ring (bicyclic) bond motifs is 3. The quantitative estimate of drug-likeness (QED) is 0.795. The van der Waals surface area contributed by atoms with Gasteiger partial charge in [0.15, 0.2) is 0 Å². The van der Waals surface area contributed by atoms with Gasteiger partial charge in [-0.1, -0.05) is 6.07 Å². The standard InChI is InChI=1S/C14H19NO4S2/c1-2-19-14(16)13-10-5-7-11(8-6-10)15(13)21(17,18)12-4-3-9-20-12/h3-4,9-11,13H,2,5-8H2,1H3/t10?,11?,13-/m0/s1. The van der Waals surface area contributed by atoms with Crippen LogP contribution in [0.25, 0.3) is 0 Å². The Balaban J connectivity index is 1.99. The molecule has 3 aliphatic rings. The highest BCUT2D eigenvalue weighted by molar-refractivity contribution is 7.91. The van der Waals surface area contributed by atoms with E-state index in [4.69, 9.17) is 4.74 Å². The molecule has 5 nitrogen and oxygen atoms in total. The van der Waals surface area contributed by atoms with Gasteiger partial charge >= 0.3 is 5.97 Å². The molecule has 2 bridgehead atoms. The van der Waals surface area contributed by atoms with Crippen molar-refractivity contribution in [1.82, 2.24) is 4.31 Å². The van der Waals surface area contributed by atoms with E-state index >= 15 is 0 Å². The van der Waals surface area contributed by atoms with Crippen LogP contribution >= 0.6 is 11.3 Å². The van der Waals surface area contributed by atoms with Crippen molar-refractivity contribution in [2.45, 2.75) is 48.9 Å². The number of hydrogen-bond acceptors (Lipinski definition) is 5. The van der Waals surface area contributed by atoms with Crippen molar-refractivity contribution in [2.24, 2.45) is 5.92 Å². The average Bonchev–Trinajstić information content (AvgIpc) is 3.02. The van der Waals surface area contributed by atoms with E-state index in [-0.39, 0.29) is 18.6 Å². The van der Waals surface area contributed by atoms with Crippen LogP contribution in [0.15, 0.2) is 21.7 Å². The Bertz CT molecular complexity index is 603. The Morgan fingerprint density at radius 3 is 2.67 bits per heavy atom. The summed E-state index contributed by atoms with van der Waals surface area (Å²) in [7, 11) is -3.61. The molecule has 0 radical (unpaired) electrons. The van der Waals surface area contributed by atoms with Crippen LogP contribution < -0.4 is 0 Å². The Labute approximate surface area is 129 Å². The fraction of sp³-hybridized carbons (Fsp3) is 0.643. The molecular formula is C14H19NO4S2. The number of esters is 1. The van der Waals surface area contributed by atoms with Gasteiger partial charge in [-0.3, -0.25) is 4.79 Å². The molecule has 0 N–H and O–H groups in total. The maximum atomic E-state index is 12.9. The summed E-state index contributed by atoms with van der Waals surface area (Å²) in [6, 6.07) is 2.60. The Morgan fingerprint density at radius 1 is 1.38 bits per heavy atom. The minimum atomic E-state index is -3.61. The number of hydrogen-bond donors (Lipinski definition) is 0. The van der Waals surface area contributed by atoms with Crippen LogP contribution in [0.5, 0.6) is 0 Å². The highest BCUT2D eigenvalue weighted by atomic mass is 32.2. The zero-order valence-corrected chi connectivity index (χ0v) is 13.5. The molecule has 2 aliphatic heterocycles. The van der Waals surface area contributed by atoms with Gasteiger partial charge in [0.25, 0.3) is 10.0 Å². The molecule has 7 heteroatoms. The largest absolute Gasteiger partial charge is 0.465 e. The highest BCUT2D eigenvalue weighted by Gasteiger charge is 2.51. The second kappa shape index (κ2) is 5.70. The number of carbonyl (C=O) groups excluding carboxylic acids is 1. The van der Waals surface area contributed by atoms with Gasteiger partial charge < -0.3 is 4.74 Å². The molecule has 21 heavy (non-hydrogen) atoms. The molecule has 3 heterocycles. The first-order chi connectivity index (χ1) is 10.1. The predicted molar refractivity (Wildman–Crippen MR) is 79.5 cm³/mol. The van der Waals surface area contributed by atoms with Crippen LogP contribution in [0.1, 0.15) is 32.6 Å². The summed E-state index contributed by atoms with van der Waals surface area (Å²) < 4.78 is 32.7. The molecule has 116 valence electrons. The Kier molecular flexibility index (Phi) is 4.07. The summed E-state index contributed by atoms with van der Waals surface area (Å²) in [5.41, 5.74) is 0. The summed E-state index contributed by atoms with van der Waals surface area (Å²) in [6.45, 7) is 2.02. The van der Waals surface area contributed by atoms with E-state index in [1.807, 2.05) is 0 Å². The van der Waals surface area contributed by atoms with Gasteiger partial charge in [-0.15, -0.1) is 11.3 Å². The van der Waals surface area contributed by atoms with Crippen LogP contribution in [0, 0.1) is 5.92 Å². The number of ether oxygens (including phenoxy) is 1. The maximum absolute atomic E-state index is 12.9. The smallest absolute Gasteiger partial charge is 0.324 e. The molecule has 1 aromatic rings. The number of sulfonamides is 1. The molecule has 2 saturated heterocycles. The van der Waals surface area contributed by atoms with Crippen molar-refractivity contribution >= 4 is 27.3 Å². The fourth-order valence-corrected chi connectivity index (χ4v) is 6.47. The Hall–Kier alpha value is -0.920. The molecule has 0 amide bonds. The minimum absolute atomic E-state index is 0.0727. The molecule has 0 spiro atoms. The van der Waals surface area contributed by atoms with Crippen LogP contribution in [0.4, 0.5) is 0 Å². The topological polar surface area (TPSA) is 63.7 Å². The molecule has 0 aromatic carbocycles. The number of thiophene rings is 1. The van der Waals surface area contributed by atoms with Gasteiger partial charge in [0.1, 0.15) is 10.3 Å². The molecule has 1 aliphatic carbocycles. The second-order valence-corrected chi connectivity index (χ2v) is 8.55. The molecule has 3 fully saturated rings. The van der Waals surface area contributed by atoms with Crippen LogP contribution in [0.3, 0.4) is 0 Å². The van der Waals surface area contributed by atoms with Crippen molar-refractivity contribution < 1.29 is 17.9 Å². The van der Waals surface area contributed by atoms with Gasteiger partial charge in [0.2, 0.25) is 0 Å². The van der Waals surface area contributed by atoms with Crippen molar-refractivity contribution in [2.75, 3.05) is 6.61 Å². The predicted octanol–water partition coefficient (Wildman–Crippen LogP) is 2.24. The minimum Gasteiger partial charge on any atom is -0.465 e. The first-order valence-electron chi connectivity index (χ1n) is 7.29. The van der Waals surface area contributed by atoms with Crippen molar-refractivity contribution in [3.63, 3.8) is 0 Å². The zero-order valence-electron chi connectivity index (χ0n) is 11.9. The third-order valence-electron chi connectivity index (χ3n) is 4.38. The third-order valence-corrected chi connectivity index (χ3v) is 7.68. The molecular weight excluding hydrogens is 310 g/mol. The molecule has 0 unspecified atom stereocenters. The lowest BCUT2D eigenvalue weighted by atomic mass is 9.76. The fourth-order valence-electron chi connectivity index (χ4n) is 3.49. The second-order valence-electron chi connectivity index (χ2n) is 5.53. The van der Waals surface area contributed by atoms with Gasteiger partial charge in [0.05, 0.1) is 6.61 Å². The van der Waals surface area contributed by atoms with Crippen LogP contribution in [-0.2, 0) is 19.6 Å². The van der Waals surface area contributed by atoms with E-state index in [2.05, 4.69) is 0 Å². The van der Waals surface area contributed by atoms with Gasteiger partial charge in [-0.2, -0.15) is 4.31 Å². The SMILES string of the molecule is CCOC(=O)[C@@H]1C2CCC(CC2)N1S(=O)(=O)c1cccs1. The third kappa shape index (κ3) is 2.51. The number of rotatable bonds is 4. The summed E-state index contributed by atoms with van der Waals surface area (Å²) in [5.74, 6) is -0.309. The first-order valence-corrected chi connectivity index (χ1v) is 9.61. The number of piperidine rings is 2. The van der Waals surface area contributed by atoms with Crippen molar-refractivity contribution in [3.05, 3.63) is 17.5 Å². The lowest BCUT2D eigenvalue weighted by Crippen LogP contribution is -2.60. The summed E-state index contributed by atoms with van der Waals surface area (Å²) in [5, 5.41) is 1.74. The zero-order chi connectivity index (χ0) is 15.0. The van der Waals surface area contributed by atoms with E-state index in [9.17, 15) is 13.2 Å². The molecule has 4 rings (SSSR count). The van der Waals surface area contributed by atoms with Gasteiger partial charge in [0, 0.05) is 6.04 Å².